The minimum absolute atomic E-state index is 0.155. The fourth-order valence-electron chi connectivity index (χ4n) is 8.51. The van der Waals surface area contributed by atoms with Crippen LogP contribution < -0.4 is 14.8 Å². The topological polar surface area (TPSA) is 88.1 Å². The van der Waals surface area contributed by atoms with E-state index in [0.717, 1.165) is 119 Å². The van der Waals surface area contributed by atoms with Crippen molar-refractivity contribution in [3.8, 4) is 11.5 Å². The number of carbonyl (C=O) groups excluding carboxylic acids is 1. The van der Waals surface area contributed by atoms with Gasteiger partial charge >= 0.3 is 18.3 Å². The number of carbonyl (C=O) groups is 2. The first-order chi connectivity index (χ1) is 30.0. The third-order valence-corrected chi connectivity index (χ3v) is 13.1. The number of rotatable bonds is 10. The Balaban J connectivity index is 0.000000174. The van der Waals surface area contributed by atoms with Gasteiger partial charge in [-0.1, -0.05) is 60.3 Å². The van der Waals surface area contributed by atoms with Crippen molar-refractivity contribution in [2.45, 2.75) is 87.4 Å². The maximum absolute atomic E-state index is 13.5. The van der Waals surface area contributed by atoms with Crippen LogP contribution in [-0.4, -0.2) is 61.3 Å². The van der Waals surface area contributed by atoms with Crippen LogP contribution in [0.25, 0.3) is 0 Å². The predicted octanol–water partition coefficient (Wildman–Crippen LogP) is 12.0. The van der Waals surface area contributed by atoms with E-state index in [1.54, 1.807) is 12.1 Å². The number of amides is 1. The lowest BCUT2D eigenvalue weighted by atomic mass is 9.63. The summed E-state index contributed by atoms with van der Waals surface area (Å²) in [7, 11) is 0. The summed E-state index contributed by atoms with van der Waals surface area (Å²) < 4.78 is 86.4. The molecule has 2 atom stereocenters. The molecule has 2 saturated heterocycles. The fraction of sp³-hybridized carbons (Fsp3) is 0.458. The number of benzene rings is 4. The largest absolute Gasteiger partial charge is 0.493 e. The maximum atomic E-state index is 13.5. The van der Waals surface area contributed by atoms with Crippen LogP contribution in [0, 0.1) is 11.8 Å². The number of likely N-dealkylation sites (tertiary alicyclic amines) is 1. The van der Waals surface area contributed by atoms with Gasteiger partial charge in [0, 0.05) is 41.5 Å². The lowest BCUT2D eigenvalue weighted by Crippen LogP contribution is -2.54. The van der Waals surface area contributed by atoms with Crippen molar-refractivity contribution in [3.05, 3.63) is 129 Å². The number of carboxylic acid groups (broad SMARTS) is 1. The molecule has 2 aliphatic carbocycles. The molecular formula is C48H52Cl2F6N2O5. The molecule has 2 saturated carbocycles. The van der Waals surface area contributed by atoms with Gasteiger partial charge in [0.2, 0.25) is 5.91 Å². The van der Waals surface area contributed by atoms with Crippen molar-refractivity contribution in [2.75, 3.05) is 39.4 Å². The highest BCUT2D eigenvalue weighted by atomic mass is 35.5. The summed E-state index contributed by atoms with van der Waals surface area (Å²) in [5, 5.41) is 13.7. The Kier molecular flexibility index (Phi) is 16.0. The fourth-order valence-corrected chi connectivity index (χ4v) is 8.77. The van der Waals surface area contributed by atoms with E-state index in [4.69, 9.17) is 32.7 Å². The van der Waals surface area contributed by atoms with E-state index in [9.17, 15) is 41.0 Å². The molecule has 2 aliphatic heterocycles. The molecule has 8 rings (SSSR count). The molecule has 0 bridgehead atoms. The number of aliphatic carboxylic acids is 1. The number of nitrogens with zero attached hydrogens (tertiary/aromatic N) is 1. The molecule has 4 aromatic rings. The Hall–Kier alpha value is -4.46. The lowest BCUT2D eigenvalue weighted by Gasteiger charge is -2.46. The van der Waals surface area contributed by atoms with Gasteiger partial charge in [0.1, 0.15) is 11.5 Å². The van der Waals surface area contributed by atoms with E-state index in [1.165, 1.54) is 24.3 Å². The number of carboxylic acids is 1. The summed E-state index contributed by atoms with van der Waals surface area (Å²) in [5.74, 6) is 0.955. The number of piperidine rings is 2. The molecule has 340 valence electrons. The van der Waals surface area contributed by atoms with E-state index in [0.29, 0.717) is 47.2 Å². The third-order valence-electron chi connectivity index (χ3n) is 12.6. The smallest absolute Gasteiger partial charge is 0.416 e. The lowest BCUT2D eigenvalue weighted by molar-refractivity contribution is -0.147. The van der Waals surface area contributed by atoms with Crippen LogP contribution >= 0.6 is 23.2 Å². The second-order valence-electron chi connectivity index (χ2n) is 16.8. The van der Waals surface area contributed by atoms with Gasteiger partial charge in [-0.2, -0.15) is 26.3 Å². The summed E-state index contributed by atoms with van der Waals surface area (Å²) in [6.07, 6.45) is 0.603. The first-order valence-electron chi connectivity index (χ1n) is 21.3. The molecule has 0 aromatic heterocycles. The second kappa shape index (κ2) is 21.0. The second-order valence-corrected chi connectivity index (χ2v) is 17.7. The van der Waals surface area contributed by atoms with Crippen LogP contribution in [0.5, 0.6) is 11.5 Å². The summed E-state index contributed by atoms with van der Waals surface area (Å²) in [4.78, 5) is 26.6. The molecular weight excluding hydrogens is 869 g/mol. The van der Waals surface area contributed by atoms with E-state index >= 15 is 0 Å². The van der Waals surface area contributed by atoms with Gasteiger partial charge < -0.3 is 24.8 Å². The molecule has 4 aliphatic rings. The molecule has 4 fully saturated rings. The van der Waals surface area contributed by atoms with Gasteiger partial charge in [-0.25, -0.2) is 0 Å². The van der Waals surface area contributed by atoms with Crippen LogP contribution in [0.4, 0.5) is 26.3 Å². The zero-order valence-electron chi connectivity index (χ0n) is 34.8. The maximum Gasteiger partial charge on any atom is 0.416 e. The first-order valence-corrected chi connectivity index (χ1v) is 22.1. The molecule has 15 heteroatoms. The van der Waals surface area contributed by atoms with Crippen molar-refractivity contribution in [1.29, 1.82) is 0 Å². The van der Waals surface area contributed by atoms with E-state index in [1.807, 2.05) is 41.3 Å². The average Bonchev–Trinajstić information content (AvgIpc) is 3.23. The monoisotopic (exact) mass is 920 g/mol. The van der Waals surface area contributed by atoms with Gasteiger partial charge in [0.25, 0.3) is 0 Å². The van der Waals surface area contributed by atoms with Gasteiger partial charge in [-0.05, 0) is 142 Å². The molecule has 0 radical (unpaired) electrons. The molecule has 7 nitrogen and oxygen atoms in total. The predicted molar refractivity (Wildman–Crippen MR) is 230 cm³/mol. The number of hydrogen-bond donors (Lipinski definition) is 2. The quantitative estimate of drug-likeness (QED) is 0.154. The van der Waals surface area contributed by atoms with Crippen molar-refractivity contribution >= 4 is 35.1 Å². The Labute approximate surface area is 374 Å². The highest BCUT2D eigenvalue weighted by Gasteiger charge is 2.48. The summed E-state index contributed by atoms with van der Waals surface area (Å²) in [5.41, 5.74) is -0.529. The standard InChI is InChI=1S/C24H25ClF3NO2.C13H16F3NO.C11H11ClO2/c25-20-8-4-18(5-9-20)23(12-2-13-23)22(30)29-14-1-3-17(15-29)16-31-21-10-6-19(7-11-21)24(26,27)28;14-13(15,16)11-3-5-12(6-4-11)18-9-10-2-1-7-17-8-10;12-9-4-2-8(3-5-9)11(10(13)14)6-1-7-11/h4-11,17H,1-3,12-16H2;3-6,10,17H,1-2,7-9H2;2-5H,1,6-7H2,(H,13,14)/t17-;10-;/m11./s1. The van der Waals surface area contributed by atoms with Gasteiger partial charge in [-0.15, -0.1) is 0 Å². The zero-order chi connectivity index (χ0) is 45.3. The Bertz CT molecular complexity index is 2080. The molecule has 4 aromatic carbocycles. The van der Waals surface area contributed by atoms with Crippen LogP contribution in [0.15, 0.2) is 97.1 Å². The van der Waals surface area contributed by atoms with Gasteiger partial charge in [0.05, 0.1) is 35.2 Å². The zero-order valence-corrected chi connectivity index (χ0v) is 36.3. The van der Waals surface area contributed by atoms with Gasteiger partial charge in [-0.3, -0.25) is 9.59 Å². The molecule has 2 N–H and O–H groups in total. The van der Waals surface area contributed by atoms with E-state index < -0.39 is 40.3 Å². The van der Waals surface area contributed by atoms with Crippen LogP contribution in [0.3, 0.4) is 0 Å². The van der Waals surface area contributed by atoms with Crippen LogP contribution in [0.2, 0.25) is 10.0 Å². The van der Waals surface area contributed by atoms with E-state index in [2.05, 4.69) is 5.32 Å². The minimum Gasteiger partial charge on any atom is -0.493 e. The molecule has 0 spiro atoms. The van der Waals surface area contributed by atoms with Crippen LogP contribution in [-0.2, 0) is 32.8 Å². The van der Waals surface area contributed by atoms with Crippen molar-refractivity contribution in [3.63, 3.8) is 0 Å². The number of hydrogen-bond acceptors (Lipinski definition) is 5. The van der Waals surface area contributed by atoms with Crippen molar-refractivity contribution in [2.24, 2.45) is 11.8 Å². The highest BCUT2D eigenvalue weighted by molar-refractivity contribution is 6.30. The van der Waals surface area contributed by atoms with Crippen molar-refractivity contribution < 1.29 is 50.5 Å². The molecule has 2 heterocycles. The number of nitrogens with one attached hydrogen (secondary N) is 1. The highest BCUT2D eigenvalue weighted by Crippen LogP contribution is 2.46. The molecule has 1 amide bonds. The normalized spacial score (nSPS) is 20.3. The van der Waals surface area contributed by atoms with Crippen LogP contribution in [0.1, 0.15) is 86.5 Å². The summed E-state index contributed by atoms with van der Waals surface area (Å²) in [6, 6.07) is 24.3. The SMILES string of the molecule is FC(F)(F)c1ccc(OC[C@@H]2CCCNC2)cc1.O=C(N1CCC[C@@H](COc2ccc(C(F)(F)F)cc2)C1)C1(c2ccc(Cl)cc2)CCC1.O=C(O)C1(c2ccc(Cl)cc2)CCC1. The number of halogens is 8. The number of alkyl halides is 6. The Morgan fingerprint density at radius 2 is 1.08 bits per heavy atom. The third kappa shape index (κ3) is 12.4. The molecule has 0 unspecified atom stereocenters. The number of ether oxygens (including phenoxy) is 2. The Morgan fingerprint density at radius 3 is 1.48 bits per heavy atom. The minimum atomic E-state index is -4.36. The molecule has 63 heavy (non-hydrogen) atoms. The van der Waals surface area contributed by atoms with E-state index in [-0.39, 0.29) is 11.8 Å². The average molecular weight is 922 g/mol. The van der Waals surface area contributed by atoms with Gasteiger partial charge in [0.15, 0.2) is 0 Å². The Morgan fingerprint density at radius 1 is 0.635 bits per heavy atom. The first kappa shape index (κ1) is 48.0. The summed E-state index contributed by atoms with van der Waals surface area (Å²) in [6.45, 7) is 4.22. The van der Waals surface area contributed by atoms with Crippen molar-refractivity contribution in [1.82, 2.24) is 10.2 Å². The summed E-state index contributed by atoms with van der Waals surface area (Å²) >= 11 is 11.8.